The van der Waals surface area contributed by atoms with Gasteiger partial charge in [-0.3, -0.25) is 0 Å². The lowest BCUT2D eigenvalue weighted by molar-refractivity contribution is -0.109. The molecular formula is C10H16O. The molecule has 0 bridgehead atoms. The maximum absolute atomic E-state index is 10.5. The predicted molar refractivity (Wildman–Crippen MR) is 46.4 cm³/mol. The molecule has 0 heterocycles. The van der Waals surface area contributed by atoms with E-state index in [2.05, 4.69) is 6.92 Å². The van der Waals surface area contributed by atoms with Crippen LogP contribution < -0.4 is 0 Å². The average Bonchev–Trinajstić information content (AvgIpc) is 2.04. The molecule has 1 aliphatic rings. The summed E-state index contributed by atoms with van der Waals surface area (Å²) in [5.74, 6) is 0.162. The van der Waals surface area contributed by atoms with Crippen LogP contribution in [-0.2, 0) is 4.79 Å². The fraction of sp³-hybridized carbons (Fsp3) is 0.700. The lowest BCUT2D eigenvalue weighted by Crippen LogP contribution is -2.07. The van der Waals surface area contributed by atoms with Crippen molar-refractivity contribution in [2.45, 2.75) is 39.5 Å². The number of carbonyl (C=O) groups is 1. The topological polar surface area (TPSA) is 17.1 Å². The van der Waals surface area contributed by atoms with Crippen molar-refractivity contribution in [3.05, 3.63) is 11.1 Å². The maximum Gasteiger partial charge on any atom is 0.126 e. The van der Waals surface area contributed by atoms with Crippen LogP contribution in [0.5, 0.6) is 0 Å². The summed E-state index contributed by atoms with van der Waals surface area (Å²) in [4.78, 5) is 10.5. The number of hydrogen-bond donors (Lipinski definition) is 0. The number of rotatable bonds is 2. The van der Waals surface area contributed by atoms with Gasteiger partial charge in [-0.1, -0.05) is 18.1 Å². The molecule has 0 saturated heterocycles. The van der Waals surface area contributed by atoms with E-state index in [0.717, 1.165) is 12.7 Å². The Bertz CT molecular complexity index is 179. The molecule has 0 aromatic rings. The van der Waals surface area contributed by atoms with Gasteiger partial charge in [0.2, 0.25) is 0 Å². The quantitative estimate of drug-likeness (QED) is 0.439. The fourth-order valence-corrected chi connectivity index (χ4v) is 1.78. The Morgan fingerprint density at radius 1 is 1.36 bits per heavy atom. The number of carbonyl (C=O) groups excluding carboxylic acids is 1. The van der Waals surface area contributed by atoms with E-state index in [1.165, 1.54) is 30.4 Å². The van der Waals surface area contributed by atoms with E-state index in [9.17, 15) is 4.79 Å². The highest BCUT2D eigenvalue weighted by molar-refractivity contribution is 5.58. The zero-order valence-corrected chi connectivity index (χ0v) is 7.39. The summed E-state index contributed by atoms with van der Waals surface area (Å²) in [6, 6.07) is 0. The van der Waals surface area contributed by atoms with Gasteiger partial charge in [-0.2, -0.15) is 0 Å². The van der Waals surface area contributed by atoms with Crippen molar-refractivity contribution in [1.29, 1.82) is 0 Å². The van der Waals surface area contributed by atoms with Crippen LogP contribution in [0.1, 0.15) is 39.5 Å². The summed E-state index contributed by atoms with van der Waals surface area (Å²) < 4.78 is 0. The van der Waals surface area contributed by atoms with Crippen molar-refractivity contribution < 1.29 is 4.79 Å². The second kappa shape index (κ2) is 3.70. The largest absolute Gasteiger partial charge is 0.303 e. The van der Waals surface area contributed by atoms with E-state index in [0.29, 0.717) is 0 Å². The monoisotopic (exact) mass is 152 g/mol. The molecule has 0 fully saturated rings. The molecule has 0 amide bonds. The van der Waals surface area contributed by atoms with Crippen molar-refractivity contribution in [3.8, 4) is 0 Å². The lowest BCUT2D eigenvalue weighted by Gasteiger charge is -2.19. The minimum atomic E-state index is 0.162. The van der Waals surface area contributed by atoms with Crippen LogP contribution in [-0.4, -0.2) is 6.29 Å². The van der Waals surface area contributed by atoms with Gasteiger partial charge >= 0.3 is 0 Å². The minimum Gasteiger partial charge on any atom is -0.303 e. The molecule has 0 aromatic heterocycles. The predicted octanol–water partition coefficient (Wildman–Crippen LogP) is 2.71. The maximum atomic E-state index is 10.5. The summed E-state index contributed by atoms with van der Waals surface area (Å²) in [7, 11) is 0. The Morgan fingerprint density at radius 2 is 2.00 bits per heavy atom. The SMILES string of the molecule is CC1=C([C@@H](C)C=O)CCCC1. The third-order valence-corrected chi connectivity index (χ3v) is 2.55. The summed E-state index contributed by atoms with van der Waals surface area (Å²) >= 11 is 0. The summed E-state index contributed by atoms with van der Waals surface area (Å²) in [5.41, 5.74) is 2.85. The molecule has 0 aromatic carbocycles. The molecule has 1 aliphatic carbocycles. The smallest absolute Gasteiger partial charge is 0.126 e. The van der Waals surface area contributed by atoms with Crippen LogP contribution in [0.15, 0.2) is 11.1 Å². The molecule has 0 N–H and O–H groups in total. The average molecular weight is 152 g/mol. The molecule has 11 heavy (non-hydrogen) atoms. The summed E-state index contributed by atoms with van der Waals surface area (Å²) in [5, 5.41) is 0. The van der Waals surface area contributed by atoms with Gasteiger partial charge in [-0.25, -0.2) is 0 Å². The zero-order valence-electron chi connectivity index (χ0n) is 7.39. The van der Waals surface area contributed by atoms with Crippen LogP contribution in [0.25, 0.3) is 0 Å². The Morgan fingerprint density at radius 3 is 2.55 bits per heavy atom. The minimum absolute atomic E-state index is 0.162. The van der Waals surface area contributed by atoms with Gasteiger partial charge in [0, 0.05) is 5.92 Å². The van der Waals surface area contributed by atoms with E-state index < -0.39 is 0 Å². The van der Waals surface area contributed by atoms with E-state index in [4.69, 9.17) is 0 Å². The first-order valence-corrected chi connectivity index (χ1v) is 4.39. The molecule has 0 saturated carbocycles. The first kappa shape index (κ1) is 8.51. The van der Waals surface area contributed by atoms with E-state index in [1.807, 2.05) is 6.92 Å². The van der Waals surface area contributed by atoms with Gasteiger partial charge in [0.25, 0.3) is 0 Å². The Balaban J connectivity index is 2.73. The standard InChI is InChI=1S/C10H16O/c1-8-5-3-4-6-10(8)9(2)7-11/h7,9H,3-6H2,1-2H3/t9-/m0/s1. The normalized spacial score (nSPS) is 21.6. The highest BCUT2D eigenvalue weighted by Crippen LogP contribution is 2.28. The lowest BCUT2D eigenvalue weighted by atomic mass is 9.86. The Hall–Kier alpha value is -0.590. The van der Waals surface area contributed by atoms with Gasteiger partial charge in [0.05, 0.1) is 0 Å². The number of aldehydes is 1. The summed E-state index contributed by atoms with van der Waals surface area (Å²) in [6.07, 6.45) is 5.98. The first-order valence-electron chi connectivity index (χ1n) is 4.39. The van der Waals surface area contributed by atoms with Gasteiger partial charge in [0.1, 0.15) is 6.29 Å². The zero-order chi connectivity index (χ0) is 8.27. The van der Waals surface area contributed by atoms with Crippen LogP contribution in [0.3, 0.4) is 0 Å². The van der Waals surface area contributed by atoms with Crippen molar-refractivity contribution in [3.63, 3.8) is 0 Å². The van der Waals surface area contributed by atoms with Gasteiger partial charge in [-0.15, -0.1) is 0 Å². The van der Waals surface area contributed by atoms with E-state index in [1.54, 1.807) is 0 Å². The molecule has 0 aliphatic heterocycles. The molecule has 1 nitrogen and oxygen atoms in total. The van der Waals surface area contributed by atoms with Gasteiger partial charge in [-0.05, 0) is 32.6 Å². The second-order valence-electron chi connectivity index (χ2n) is 3.44. The Kier molecular flexibility index (Phi) is 2.86. The molecule has 0 unspecified atom stereocenters. The molecule has 1 atom stereocenters. The van der Waals surface area contributed by atoms with Crippen LogP contribution in [0.2, 0.25) is 0 Å². The fourth-order valence-electron chi connectivity index (χ4n) is 1.78. The summed E-state index contributed by atoms with van der Waals surface area (Å²) in [6.45, 7) is 4.16. The molecule has 0 spiro atoms. The van der Waals surface area contributed by atoms with Crippen LogP contribution >= 0.6 is 0 Å². The molecule has 0 radical (unpaired) electrons. The highest BCUT2D eigenvalue weighted by atomic mass is 16.1. The van der Waals surface area contributed by atoms with Crippen molar-refractivity contribution in [2.24, 2.45) is 5.92 Å². The van der Waals surface area contributed by atoms with Crippen molar-refractivity contribution >= 4 is 6.29 Å². The van der Waals surface area contributed by atoms with Crippen LogP contribution in [0.4, 0.5) is 0 Å². The molecule has 1 heteroatoms. The van der Waals surface area contributed by atoms with Crippen LogP contribution in [0, 0.1) is 5.92 Å². The molecule has 62 valence electrons. The second-order valence-corrected chi connectivity index (χ2v) is 3.44. The number of allylic oxidation sites excluding steroid dienone is 2. The number of hydrogen-bond acceptors (Lipinski definition) is 1. The first-order chi connectivity index (χ1) is 5.25. The third kappa shape index (κ3) is 1.92. The Labute approximate surface area is 68.5 Å². The third-order valence-electron chi connectivity index (χ3n) is 2.55. The van der Waals surface area contributed by atoms with Crippen molar-refractivity contribution in [1.82, 2.24) is 0 Å². The van der Waals surface area contributed by atoms with Crippen molar-refractivity contribution in [2.75, 3.05) is 0 Å². The molecule has 1 rings (SSSR count). The van der Waals surface area contributed by atoms with Gasteiger partial charge < -0.3 is 4.79 Å². The highest BCUT2D eigenvalue weighted by Gasteiger charge is 2.14. The van der Waals surface area contributed by atoms with E-state index in [-0.39, 0.29) is 5.92 Å². The van der Waals surface area contributed by atoms with E-state index >= 15 is 0 Å². The molecular weight excluding hydrogens is 136 g/mol. The van der Waals surface area contributed by atoms with Gasteiger partial charge in [0.15, 0.2) is 0 Å².